The Labute approximate surface area is 190 Å². The minimum absolute atomic E-state index is 0.0579. The Morgan fingerprint density at radius 1 is 1.09 bits per heavy atom. The van der Waals surface area contributed by atoms with Gasteiger partial charge in [-0.3, -0.25) is 14.5 Å². The zero-order chi connectivity index (χ0) is 22.3. The maximum absolute atomic E-state index is 12.7. The van der Waals surface area contributed by atoms with Gasteiger partial charge in [-0.1, -0.05) is 36.4 Å². The molecule has 6 heteroatoms. The van der Waals surface area contributed by atoms with Gasteiger partial charge in [-0.25, -0.2) is 4.98 Å². The van der Waals surface area contributed by atoms with Crippen LogP contribution in [-0.4, -0.2) is 46.4 Å². The fourth-order valence-corrected chi connectivity index (χ4v) is 4.94. The number of carbonyl (C=O) groups is 2. The molecule has 3 heterocycles. The lowest BCUT2D eigenvalue weighted by molar-refractivity contribution is -0.144. The molecule has 2 aliphatic rings. The van der Waals surface area contributed by atoms with Crippen molar-refractivity contribution in [1.29, 1.82) is 0 Å². The smallest absolute Gasteiger partial charge is 0.325 e. The Morgan fingerprint density at radius 2 is 1.88 bits per heavy atom. The lowest BCUT2D eigenvalue weighted by atomic mass is 9.88. The van der Waals surface area contributed by atoms with E-state index in [2.05, 4.69) is 17.4 Å². The number of ketones is 1. The first-order chi connectivity index (χ1) is 15.6. The predicted molar refractivity (Wildman–Crippen MR) is 125 cm³/mol. The zero-order valence-electron chi connectivity index (χ0n) is 18.6. The van der Waals surface area contributed by atoms with E-state index < -0.39 is 12.0 Å². The molecular formula is C26H33N3O3. The summed E-state index contributed by atoms with van der Waals surface area (Å²) in [7, 11) is 0. The molecule has 2 aliphatic heterocycles. The van der Waals surface area contributed by atoms with Gasteiger partial charge in [0.15, 0.2) is 0 Å². The average Bonchev–Trinajstić information content (AvgIpc) is 2.82. The molecule has 4 rings (SSSR count). The lowest BCUT2D eigenvalue weighted by Gasteiger charge is -2.35. The number of carbonyl (C=O) groups excluding carboxylic acids is 1. The minimum Gasteiger partial charge on any atom is -0.480 e. The highest BCUT2D eigenvalue weighted by molar-refractivity contribution is 5.81. The summed E-state index contributed by atoms with van der Waals surface area (Å²) in [4.78, 5) is 31.3. The van der Waals surface area contributed by atoms with Crippen molar-refractivity contribution in [2.24, 2.45) is 5.92 Å². The molecule has 1 saturated heterocycles. The fraction of sp³-hybridized carbons (Fsp3) is 0.500. The van der Waals surface area contributed by atoms with Crippen molar-refractivity contribution in [3.8, 4) is 0 Å². The zero-order valence-corrected chi connectivity index (χ0v) is 18.6. The normalized spacial score (nSPS) is 17.9. The molecule has 170 valence electrons. The van der Waals surface area contributed by atoms with E-state index in [-0.39, 0.29) is 5.92 Å². The Kier molecular flexibility index (Phi) is 7.53. The van der Waals surface area contributed by atoms with Crippen LogP contribution >= 0.6 is 0 Å². The molecule has 6 nitrogen and oxygen atoms in total. The molecule has 1 aromatic heterocycles. The second kappa shape index (κ2) is 10.7. The number of pyridine rings is 1. The molecule has 32 heavy (non-hydrogen) atoms. The number of likely N-dealkylation sites (tertiary alicyclic amines) is 1. The average molecular weight is 436 g/mol. The summed E-state index contributed by atoms with van der Waals surface area (Å²) in [6, 6.07) is 13.0. The standard InChI is InChI=1S/C26H33N3O3/c30-23(11-5-4-10-22-13-12-21-9-6-16-27-25(21)28-22)19-14-17-29(18-15-19)24(26(31)32)20-7-2-1-3-8-20/h1-3,7-8,12-13,19,24H,4-6,9-11,14-18H2,(H,27,28)(H,31,32). The first-order valence-electron chi connectivity index (χ1n) is 11.9. The second-order valence-electron chi connectivity index (χ2n) is 8.98. The lowest BCUT2D eigenvalue weighted by Crippen LogP contribution is -2.41. The monoisotopic (exact) mass is 435 g/mol. The number of fused-ring (bicyclic) bond motifs is 1. The highest BCUT2D eigenvalue weighted by Crippen LogP contribution is 2.28. The number of hydrogen-bond donors (Lipinski definition) is 2. The van der Waals surface area contributed by atoms with E-state index in [9.17, 15) is 14.7 Å². The van der Waals surface area contributed by atoms with Gasteiger partial charge in [-0.05, 0) is 75.2 Å². The number of Topliss-reactive ketones (excluding diaryl/α,β-unsaturated/α-hetero) is 1. The third-order valence-electron chi connectivity index (χ3n) is 6.76. The fourth-order valence-electron chi connectivity index (χ4n) is 4.94. The van der Waals surface area contributed by atoms with Crippen LogP contribution in [0.1, 0.15) is 61.4 Å². The summed E-state index contributed by atoms with van der Waals surface area (Å²) < 4.78 is 0. The third kappa shape index (κ3) is 5.54. The van der Waals surface area contributed by atoms with Gasteiger partial charge in [-0.2, -0.15) is 0 Å². The van der Waals surface area contributed by atoms with E-state index >= 15 is 0 Å². The Balaban J connectivity index is 1.20. The van der Waals surface area contributed by atoms with E-state index in [0.29, 0.717) is 25.3 Å². The van der Waals surface area contributed by atoms with Gasteiger partial charge in [0.05, 0.1) is 0 Å². The van der Waals surface area contributed by atoms with E-state index in [1.165, 1.54) is 5.56 Å². The number of anilines is 1. The van der Waals surface area contributed by atoms with Gasteiger partial charge in [0.25, 0.3) is 0 Å². The molecule has 0 bridgehead atoms. The molecule has 0 aliphatic carbocycles. The van der Waals surface area contributed by atoms with E-state index in [1.54, 1.807) is 0 Å². The van der Waals surface area contributed by atoms with Gasteiger partial charge < -0.3 is 10.4 Å². The topological polar surface area (TPSA) is 82.5 Å². The van der Waals surface area contributed by atoms with Crippen LogP contribution in [0.4, 0.5) is 5.82 Å². The SMILES string of the molecule is O=C(CCCCc1ccc2c(n1)NCCC2)C1CCN(C(C(=O)O)c2ccccc2)CC1. The molecule has 0 radical (unpaired) electrons. The van der Waals surface area contributed by atoms with Crippen molar-refractivity contribution in [2.75, 3.05) is 25.0 Å². The summed E-state index contributed by atoms with van der Waals surface area (Å²) in [6.45, 7) is 2.29. The largest absolute Gasteiger partial charge is 0.480 e. The number of aromatic nitrogens is 1. The molecule has 0 saturated carbocycles. The second-order valence-corrected chi connectivity index (χ2v) is 8.98. The highest BCUT2D eigenvalue weighted by atomic mass is 16.4. The Bertz CT molecular complexity index is 923. The van der Waals surface area contributed by atoms with Crippen LogP contribution in [0.5, 0.6) is 0 Å². The maximum Gasteiger partial charge on any atom is 0.325 e. The van der Waals surface area contributed by atoms with E-state index in [1.807, 2.05) is 35.2 Å². The number of nitrogens with zero attached hydrogens (tertiary/aromatic N) is 2. The number of rotatable bonds is 9. The number of benzene rings is 1. The van der Waals surface area contributed by atoms with Crippen molar-refractivity contribution in [2.45, 2.75) is 57.4 Å². The molecule has 0 spiro atoms. The van der Waals surface area contributed by atoms with Crippen LogP contribution in [0.2, 0.25) is 0 Å². The number of piperidine rings is 1. The maximum atomic E-state index is 12.7. The van der Waals surface area contributed by atoms with Gasteiger partial charge in [0.1, 0.15) is 17.6 Å². The molecule has 1 unspecified atom stereocenters. The van der Waals surface area contributed by atoms with Crippen molar-refractivity contribution in [3.63, 3.8) is 0 Å². The van der Waals surface area contributed by atoms with Crippen molar-refractivity contribution in [3.05, 3.63) is 59.3 Å². The first kappa shape index (κ1) is 22.5. The summed E-state index contributed by atoms with van der Waals surface area (Å²) in [5, 5.41) is 13.1. The van der Waals surface area contributed by atoms with Crippen LogP contribution in [0.3, 0.4) is 0 Å². The number of nitrogens with one attached hydrogen (secondary N) is 1. The summed E-state index contributed by atoms with van der Waals surface area (Å²) >= 11 is 0. The number of aliphatic carboxylic acids is 1. The molecule has 0 amide bonds. The molecule has 1 fully saturated rings. The van der Waals surface area contributed by atoms with Gasteiger partial charge in [0.2, 0.25) is 0 Å². The molecule has 1 aromatic carbocycles. The van der Waals surface area contributed by atoms with Crippen LogP contribution in [0, 0.1) is 5.92 Å². The van der Waals surface area contributed by atoms with Crippen LogP contribution in [0.25, 0.3) is 0 Å². The van der Waals surface area contributed by atoms with Gasteiger partial charge >= 0.3 is 5.97 Å². The van der Waals surface area contributed by atoms with Crippen LogP contribution in [-0.2, 0) is 22.4 Å². The number of unbranched alkanes of at least 4 members (excludes halogenated alkanes) is 1. The molecule has 2 aromatic rings. The summed E-state index contributed by atoms with van der Waals surface area (Å²) in [6.07, 6.45) is 7.10. The summed E-state index contributed by atoms with van der Waals surface area (Å²) in [5.74, 6) is 0.595. The van der Waals surface area contributed by atoms with Crippen LogP contribution < -0.4 is 5.32 Å². The van der Waals surface area contributed by atoms with Gasteiger partial charge in [0, 0.05) is 24.6 Å². The number of carboxylic acids is 1. The molecular weight excluding hydrogens is 402 g/mol. The van der Waals surface area contributed by atoms with Crippen LogP contribution in [0.15, 0.2) is 42.5 Å². The number of aryl methyl sites for hydroxylation is 2. The van der Waals surface area contributed by atoms with E-state index in [4.69, 9.17) is 4.98 Å². The van der Waals surface area contributed by atoms with Gasteiger partial charge in [-0.15, -0.1) is 0 Å². The molecule has 2 N–H and O–H groups in total. The Hall–Kier alpha value is -2.73. The molecule has 1 atom stereocenters. The minimum atomic E-state index is -0.827. The third-order valence-corrected chi connectivity index (χ3v) is 6.76. The number of carboxylic acid groups (broad SMARTS) is 1. The Morgan fingerprint density at radius 3 is 2.62 bits per heavy atom. The first-order valence-corrected chi connectivity index (χ1v) is 11.9. The summed E-state index contributed by atoms with van der Waals surface area (Å²) in [5.41, 5.74) is 3.20. The quantitative estimate of drug-likeness (QED) is 0.573. The van der Waals surface area contributed by atoms with E-state index in [0.717, 1.165) is 68.6 Å². The predicted octanol–water partition coefficient (Wildman–Crippen LogP) is 4.26. The van der Waals surface area contributed by atoms with Crippen molar-refractivity contribution >= 4 is 17.6 Å². The number of hydrogen-bond acceptors (Lipinski definition) is 5. The highest BCUT2D eigenvalue weighted by Gasteiger charge is 2.32. The van der Waals surface area contributed by atoms with Crippen molar-refractivity contribution in [1.82, 2.24) is 9.88 Å². The van der Waals surface area contributed by atoms with Crippen molar-refractivity contribution < 1.29 is 14.7 Å².